The van der Waals surface area contributed by atoms with Gasteiger partial charge in [-0.3, -0.25) is 4.79 Å². The number of aliphatic hydroxyl groups excluding tert-OH is 1. The molecule has 3 N–H and O–H groups in total. The Morgan fingerprint density at radius 2 is 1.73 bits per heavy atom. The average Bonchev–Trinajstić information content (AvgIpc) is 1.63. The quantitative estimate of drug-likeness (QED) is 0.457. The van der Waals surface area contributed by atoms with Crippen LogP contribution in [-0.2, 0) is 29.1 Å². The second kappa shape index (κ2) is 9.25. The summed E-state index contributed by atoms with van der Waals surface area (Å²) in [6.07, 6.45) is -2.54. The van der Waals surface area contributed by atoms with E-state index in [1.54, 1.807) is 0 Å². The first-order chi connectivity index (χ1) is 4.04. The molecule has 0 saturated heterocycles. The summed E-state index contributed by atoms with van der Waals surface area (Å²) < 4.78 is 0. The molecule has 0 aromatic heterocycles. The SMILES string of the molecule is O=C(O)CC(O)C(=O)O.[H-].[K+].[Rh]. The van der Waals surface area contributed by atoms with Gasteiger partial charge in [0, 0.05) is 19.5 Å². The Bertz CT molecular complexity index is 143. The van der Waals surface area contributed by atoms with Gasteiger partial charge >= 0.3 is 63.3 Å². The van der Waals surface area contributed by atoms with Crippen molar-refractivity contribution < 1.29 is 97.2 Å². The molecule has 0 aliphatic heterocycles. The summed E-state index contributed by atoms with van der Waals surface area (Å²) in [5.74, 6) is -2.85. The maximum Gasteiger partial charge on any atom is 1.00 e. The Morgan fingerprint density at radius 3 is 1.82 bits per heavy atom. The van der Waals surface area contributed by atoms with E-state index in [1.807, 2.05) is 0 Å². The Labute approximate surface area is 120 Å². The van der Waals surface area contributed by atoms with Gasteiger partial charge < -0.3 is 16.7 Å². The normalized spacial score (nSPS) is 10.3. The van der Waals surface area contributed by atoms with E-state index in [1.165, 1.54) is 0 Å². The number of hydrogen-bond acceptors (Lipinski definition) is 3. The summed E-state index contributed by atoms with van der Waals surface area (Å²) >= 11 is 0. The molecule has 11 heavy (non-hydrogen) atoms. The molecule has 0 saturated carbocycles. The van der Waals surface area contributed by atoms with Gasteiger partial charge in [-0.2, -0.15) is 0 Å². The van der Waals surface area contributed by atoms with Crippen molar-refractivity contribution in [2.24, 2.45) is 0 Å². The molecule has 0 fully saturated rings. The van der Waals surface area contributed by atoms with E-state index in [9.17, 15) is 9.59 Å². The molecule has 0 aromatic carbocycles. The standard InChI is InChI=1S/C4H6O5.K.Rh.H/c5-2(4(8)9)1-3(6)7;;;/h2,5H,1H2,(H,6,7)(H,8,9);;;/q;+1;;-1. The molecule has 5 nitrogen and oxygen atoms in total. The predicted octanol–water partition coefficient (Wildman–Crippen LogP) is -3.98. The molecular weight excluding hydrogens is 270 g/mol. The first-order valence-electron chi connectivity index (χ1n) is 2.16. The molecule has 0 spiro atoms. The van der Waals surface area contributed by atoms with Gasteiger partial charge in [0.25, 0.3) is 0 Å². The van der Waals surface area contributed by atoms with E-state index in [2.05, 4.69) is 0 Å². The largest absolute Gasteiger partial charge is 1.00 e. The van der Waals surface area contributed by atoms with Crippen molar-refractivity contribution in [3.63, 3.8) is 0 Å². The average molecular weight is 277 g/mol. The molecule has 63 valence electrons. The zero-order valence-electron chi connectivity index (χ0n) is 6.78. The Kier molecular flexibility index (Phi) is 15.2. The number of carboxylic acids is 2. The van der Waals surface area contributed by atoms with E-state index in [0.717, 1.165) is 0 Å². The van der Waals surface area contributed by atoms with Crippen molar-refractivity contribution in [1.29, 1.82) is 0 Å². The minimum atomic E-state index is -1.79. The van der Waals surface area contributed by atoms with Gasteiger partial charge in [-0.15, -0.1) is 0 Å². The van der Waals surface area contributed by atoms with Gasteiger partial charge in [-0.25, -0.2) is 4.79 Å². The van der Waals surface area contributed by atoms with Crippen molar-refractivity contribution >= 4 is 11.9 Å². The Hall–Kier alpha value is 1.16. The van der Waals surface area contributed by atoms with Gasteiger partial charge in [-0.05, 0) is 0 Å². The molecule has 0 aliphatic carbocycles. The number of rotatable bonds is 3. The summed E-state index contributed by atoms with van der Waals surface area (Å²) in [6.45, 7) is 0. The van der Waals surface area contributed by atoms with Crippen molar-refractivity contribution in [3.05, 3.63) is 0 Å². The number of aliphatic carboxylic acids is 2. The number of aliphatic hydroxyl groups is 1. The predicted molar refractivity (Wildman–Crippen MR) is 27.0 cm³/mol. The second-order valence-electron chi connectivity index (χ2n) is 1.45. The topological polar surface area (TPSA) is 94.8 Å². The van der Waals surface area contributed by atoms with E-state index in [-0.39, 0.29) is 72.3 Å². The zero-order chi connectivity index (χ0) is 7.44. The smallest absolute Gasteiger partial charge is 1.00 e. The van der Waals surface area contributed by atoms with Crippen LogP contribution >= 0.6 is 0 Å². The fourth-order valence-corrected chi connectivity index (χ4v) is 0.253. The molecule has 0 aliphatic rings. The minimum Gasteiger partial charge on any atom is -1.00 e. The summed E-state index contributed by atoms with van der Waals surface area (Å²) in [4.78, 5) is 19.4. The third kappa shape index (κ3) is 11.2. The van der Waals surface area contributed by atoms with E-state index in [4.69, 9.17) is 15.3 Å². The Balaban J connectivity index is -0.000000107. The first-order valence-corrected chi connectivity index (χ1v) is 2.16. The summed E-state index contributed by atoms with van der Waals surface area (Å²) in [5, 5.41) is 24.1. The van der Waals surface area contributed by atoms with Gasteiger partial charge in [0.15, 0.2) is 6.10 Å². The zero-order valence-corrected chi connectivity index (χ0v) is 10.5. The maximum absolute atomic E-state index is 9.72. The summed E-state index contributed by atoms with van der Waals surface area (Å²) in [6, 6.07) is 0. The van der Waals surface area contributed by atoms with Crippen LogP contribution in [0, 0.1) is 0 Å². The molecular formula is C4H7KO5Rh. The van der Waals surface area contributed by atoms with Crippen LogP contribution in [-0.4, -0.2) is 33.4 Å². The van der Waals surface area contributed by atoms with Crippen molar-refractivity contribution in [3.8, 4) is 0 Å². The number of carboxylic acid groups (broad SMARTS) is 2. The molecule has 0 amide bonds. The van der Waals surface area contributed by atoms with Crippen LogP contribution in [0.1, 0.15) is 7.85 Å². The molecule has 0 bridgehead atoms. The second-order valence-corrected chi connectivity index (χ2v) is 1.45. The molecule has 0 heterocycles. The summed E-state index contributed by atoms with van der Waals surface area (Å²) in [7, 11) is 0. The number of carbonyl (C=O) groups is 2. The van der Waals surface area contributed by atoms with Crippen LogP contribution in [0.5, 0.6) is 0 Å². The monoisotopic (exact) mass is 277 g/mol. The van der Waals surface area contributed by atoms with Crippen LogP contribution in [0.3, 0.4) is 0 Å². The maximum atomic E-state index is 9.72. The van der Waals surface area contributed by atoms with E-state index >= 15 is 0 Å². The molecule has 0 aromatic rings. The van der Waals surface area contributed by atoms with E-state index < -0.39 is 24.5 Å². The van der Waals surface area contributed by atoms with Crippen LogP contribution in [0.4, 0.5) is 0 Å². The molecule has 1 atom stereocenters. The van der Waals surface area contributed by atoms with Crippen LogP contribution in [0.15, 0.2) is 0 Å². The van der Waals surface area contributed by atoms with E-state index in [0.29, 0.717) is 0 Å². The van der Waals surface area contributed by atoms with Crippen LogP contribution < -0.4 is 51.4 Å². The van der Waals surface area contributed by atoms with Crippen LogP contribution in [0.25, 0.3) is 0 Å². The molecule has 1 unspecified atom stereocenters. The van der Waals surface area contributed by atoms with Crippen LogP contribution in [0.2, 0.25) is 0 Å². The van der Waals surface area contributed by atoms with Gasteiger partial charge in [0.2, 0.25) is 0 Å². The fourth-order valence-electron chi connectivity index (χ4n) is 0.253. The number of hydrogen-bond donors (Lipinski definition) is 3. The summed E-state index contributed by atoms with van der Waals surface area (Å²) in [5.41, 5.74) is 0. The van der Waals surface area contributed by atoms with Crippen molar-refractivity contribution in [1.82, 2.24) is 0 Å². The third-order valence-electron chi connectivity index (χ3n) is 0.653. The molecule has 7 heteroatoms. The Morgan fingerprint density at radius 1 is 1.36 bits per heavy atom. The van der Waals surface area contributed by atoms with Gasteiger partial charge in [0.1, 0.15) is 0 Å². The fraction of sp³-hybridized carbons (Fsp3) is 0.500. The van der Waals surface area contributed by atoms with Crippen molar-refractivity contribution in [2.45, 2.75) is 12.5 Å². The first kappa shape index (κ1) is 18.0. The third-order valence-corrected chi connectivity index (χ3v) is 0.653. The molecule has 0 rings (SSSR count). The van der Waals surface area contributed by atoms with Gasteiger partial charge in [0.05, 0.1) is 6.42 Å². The minimum absolute atomic E-state index is 0. The van der Waals surface area contributed by atoms with Crippen molar-refractivity contribution in [2.75, 3.05) is 0 Å². The molecule has 1 radical (unpaired) electrons. The van der Waals surface area contributed by atoms with Gasteiger partial charge in [-0.1, -0.05) is 0 Å².